The molecule has 1 unspecified atom stereocenters. The first-order chi connectivity index (χ1) is 18.0. The topological polar surface area (TPSA) is 98.9 Å². The lowest BCUT2D eigenvalue weighted by Gasteiger charge is -2.22. The minimum Gasteiger partial charge on any atom is -0.356 e. The Labute approximate surface area is 218 Å². The summed E-state index contributed by atoms with van der Waals surface area (Å²) >= 11 is 5.77. The van der Waals surface area contributed by atoms with Crippen LogP contribution in [0.15, 0.2) is 73.1 Å². The lowest BCUT2D eigenvalue weighted by atomic mass is 9.84. The van der Waals surface area contributed by atoms with Crippen molar-refractivity contribution < 1.29 is 14.0 Å². The molecule has 1 aliphatic carbocycles. The minimum absolute atomic E-state index is 0.0617. The van der Waals surface area contributed by atoms with Crippen molar-refractivity contribution in [1.29, 1.82) is 0 Å². The van der Waals surface area contributed by atoms with Crippen molar-refractivity contribution in [2.24, 2.45) is 5.92 Å². The maximum absolute atomic E-state index is 13.3. The number of H-pyrrole nitrogens is 1. The van der Waals surface area contributed by atoms with Crippen molar-refractivity contribution in [2.75, 3.05) is 17.2 Å². The second-order valence-corrected chi connectivity index (χ2v) is 9.36. The van der Waals surface area contributed by atoms with Gasteiger partial charge in [-0.2, -0.15) is 0 Å². The maximum atomic E-state index is 13.3. The van der Waals surface area contributed by atoms with E-state index in [1.54, 1.807) is 12.4 Å². The van der Waals surface area contributed by atoms with Crippen molar-refractivity contribution in [3.63, 3.8) is 0 Å². The van der Waals surface area contributed by atoms with Gasteiger partial charge in [-0.1, -0.05) is 29.8 Å². The fourth-order valence-corrected chi connectivity index (χ4v) is 4.79. The van der Waals surface area contributed by atoms with Gasteiger partial charge >= 0.3 is 6.03 Å². The molecule has 2 aromatic carbocycles. The zero-order valence-corrected chi connectivity index (χ0v) is 20.6. The number of urea groups is 1. The molecule has 1 aliphatic rings. The van der Waals surface area contributed by atoms with Crippen LogP contribution >= 0.6 is 11.6 Å². The van der Waals surface area contributed by atoms with E-state index in [4.69, 9.17) is 11.6 Å². The Hall–Kier alpha value is -4.17. The quantitative estimate of drug-likeness (QED) is 0.223. The number of rotatable bonds is 7. The Morgan fingerprint density at radius 1 is 1.05 bits per heavy atom. The molecule has 37 heavy (non-hydrogen) atoms. The van der Waals surface area contributed by atoms with E-state index in [0.717, 1.165) is 28.3 Å². The summed E-state index contributed by atoms with van der Waals surface area (Å²) in [7, 11) is 0. The molecule has 0 saturated carbocycles. The van der Waals surface area contributed by atoms with Gasteiger partial charge in [0.1, 0.15) is 5.82 Å². The molecule has 5 rings (SSSR count). The van der Waals surface area contributed by atoms with Crippen molar-refractivity contribution in [3.8, 4) is 11.3 Å². The Balaban J connectivity index is 1.28. The van der Waals surface area contributed by atoms with E-state index >= 15 is 0 Å². The predicted molar refractivity (Wildman–Crippen MR) is 143 cm³/mol. The summed E-state index contributed by atoms with van der Waals surface area (Å²) in [5.41, 5.74) is 5.42. The highest BCUT2D eigenvalue weighted by Crippen LogP contribution is 2.40. The maximum Gasteiger partial charge on any atom is 0.319 e. The summed E-state index contributed by atoms with van der Waals surface area (Å²) in [6.07, 6.45) is 5.16. The SMILES string of the molecule is O=C(NCCC1CC(=O)c2c([nH]c(-c3ccncc3)c2Nc2ccccc2)C1)Nc1ccc(F)c(Cl)c1. The van der Waals surface area contributed by atoms with Gasteiger partial charge in [0.2, 0.25) is 0 Å². The normalized spacial score (nSPS) is 14.6. The van der Waals surface area contributed by atoms with E-state index in [1.807, 2.05) is 42.5 Å². The molecule has 4 N–H and O–H groups in total. The molecule has 0 fully saturated rings. The average molecular weight is 518 g/mol. The number of aromatic nitrogens is 2. The fourth-order valence-electron chi connectivity index (χ4n) is 4.61. The number of carbonyl (C=O) groups is 2. The first-order valence-corrected chi connectivity index (χ1v) is 12.4. The van der Waals surface area contributed by atoms with Crippen molar-refractivity contribution in [2.45, 2.75) is 19.3 Å². The Bertz CT molecular complexity index is 1430. The van der Waals surface area contributed by atoms with Crippen LogP contribution in [0.1, 0.15) is 28.9 Å². The third-order valence-corrected chi connectivity index (χ3v) is 6.64. The fraction of sp³-hybridized carbons (Fsp3) is 0.179. The summed E-state index contributed by atoms with van der Waals surface area (Å²) < 4.78 is 13.3. The number of para-hydroxylation sites is 1. The van der Waals surface area contributed by atoms with Gasteiger partial charge in [-0.05, 0) is 61.2 Å². The van der Waals surface area contributed by atoms with Crippen LogP contribution in [-0.2, 0) is 6.42 Å². The van der Waals surface area contributed by atoms with E-state index in [9.17, 15) is 14.0 Å². The number of halogens is 2. The molecule has 7 nitrogen and oxygen atoms in total. The lowest BCUT2D eigenvalue weighted by Crippen LogP contribution is -2.31. The zero-order valence-electron chi connectivity index (χ0n) is 19.9. The van der Waals surface area contributed by atoms with Gasteiger partial charge < -0.3 is 20.9 Å². The summed E-state index contributed by atoms with van der Waals surface area (Å²) in [5, 5.41) is 8.82. The molecule has 0 aliphatic heterocycles. The Morgan fingerprint density at radius 2 is 1.84 bits per heavy atom. The zero-order chi connectivity index (χ0) is 25.8. The lowest BCUT2D eigenvalue weighted by molar-refractivity contribution is 0.0947. The highest BCUT2D eigenvalue weighted by molar-refractivity contribution is 6.31. The molecule has 4 aromatic rings. The third kappa shape index (κ3) is 5.65. The van der Waals surface area contributed by atoms with Crippen LogP contribution in [0.4, 0.5) is 26.2 Å². The molecular formula is C28H25ClFN5O2. The molecule has 2 aromatic heterocycles. The number of aromatic amines is 1. The number of ketones is 1. The standard InChI is InChI=1S/C28H25ClFN5O2/c29-21-16-20(6-7-22(21)30)34-28(37)32-13-8-17-14-23-25(24(36)15-17)27(33-19-4-2-1-3-5-19)26(35-23)18-9-11-31-12-10-18/h1-7,9-12,16-17,33,35H,8,13-15H2,(H2,32,34,37). The summed E-state index contributed by atoms with van der Waals surface area (Å²) in [4.78, 5) is 33.2. The number of pyridine rings is 1. The average Bonchev–Trinajstić information content (AvgIpc) is 3.26. The Kier molecular flexibility index (Phi) is 7.18. The van der Waals surface area contributed by atoms with Crippen LogP contribution < -0.4 is 16.0 Å². The Morgan fingerprint density at radius 3 is 2.59 bits per heavy atom. The van der Waals surface area contributed by atoms with Gasteiger partial charge in [-0.15, -0.1) is 0 Å². The van der Waals surface area contributed by atoms with Crippen LogP contribution in [0.3, 0.4) is 0 Å². The molecule has 0 saturated heterocycles. The number of nitrogens with zero attached hydrogens (tertiary/aromatic N) is 1. The van der Waals surface area contributed by atoms with E-state index in [1.165, 1.54) is 18.2 Å². The highest BCUT2D eigenvalue weighted by Gasteiger charge is 2.31. The monoisotopic (exact) mass is 517 g/mol. The highest BCUT2D eigenvalue weighted by atomic mass is 35.5. The molecular weight excluding hydrogens is 493 g/mol. The van der Waals surface area contributed by atoms with E-state index < -0.39 is 11.8 Å². The number of hydrogen-bond donors (Lipinski definition) is 4. The summed E-state index contributed by atoms with van der Waals surface area (Å²) in [5.74, 6) is -0.409. The van der Waals surface area contributed by atoms with E-state index in [0.29, 0.717) is 37.1 Å². The van der Waals surface area contributed by atoms with Crippen LogP contribution in [0.5, 0.6) is 0 Å². The molecule has 188 valence electrons. The molecule has 2 amide bonds. The van der Waals surface area contributed by atoms with Gasteiger partial charge in [-0.25, -0.2) is 9.18 Å². The van der Waals surface area contributed by atoms with Crippen molar-refractivity contribution in [1.82, 2.24) is 15.3 Å². The number of hydrogen-bond acceptors (Lipinski definition) is 4. The number of carbonyl (C=O) groups excluding carboxylic acids is 2. The first-order valence-electron chi connectivity index (χ1n) is 12.0. The molecule has 0 spiro atoms. The van der Waals surface area contributed by atoms with Gasteiger partial charge in [0.15, 0.2) is 5.78 Å². The third-order valence-electron chi connectivity index (χ3n) is 6.35. The number of nitrogens with one attached hydrogen (secondary N) is 4. The van der Waals surface area contributed by atoms with Crippen LogP contribution in [-0.4, -0.2) is 28.3 Å². The molecule has 0 bridgehead atoms. The largest absolute Gasteiger partial charge is 0.356 e. The summed E-state index contributed by atoms with van der Waals surface area (Å²) in [6.45, 7) is 0.390. The number of Topliss-reactive ketones (excluding diaryl/α,β-unsaturated/α-hetero) is 1. The second kappa shape index (κ2) is 10.8. The van der Waals surface area contributed by atoms with Crippen LogP contribution in [0, 0.1) is 11.7 Å². The number of benzene rings is 2. The molecule has 2 heterocycles. The van der Waals surface area contributed by atoms with E-state index in [2.05, 4.69) is 25.9 Å². The van der Waals surface area contributed by atoms with Crippen LogP contribution in [0.25, 0.3) is 11.3 Å². The smallest absolute Gasteiger partial charge is 0.319 e. The van der Waals surface area contributed by atoms with Gasteiger partial charge in [0, 0.05) is 48.0 Å². The van der Waals surface area contributed by atoms with Gasteiger partial charge in [0.25, 0.3) is 0 Å². The molecule has 9 heteroatoms. The minimum atomic E-state index is -0.549. The summed E-state index contributed by atoms with van der Waals surface area (Å²) in [6, 6.07) is 17.1. The number of fused-ring (bicyclic) bond motifs is 1. The second-order valence-electron chi connectivity index (χ2n) is 8.95. The molecule has 1 atom stereocenters. The first kappa shape index (κ1) is 24.5. The predicted octanol–water partition coefficient (Wildman–Crippen LogP) is 6.57. The van der Waals surface area contributed by atoms with Crippen LogP contribution in [0.2, 0.25) is 5.02 Å². The van der Waals surface area contributed by atoms with Gasteiger partial charge in [-0.3, -0.25) is 9.78 Å². The van der Waals surface area contributed by atoms with E-state index in [-0.39, 0.29) is 16.7 Å². The van der Waals surface area contributed by atoms with Crippen molar-refractivity contribution in [3.05, 3.63) is 95.2 Å². The molecule has 0 radical (unpaired) electrons. The van der Waals surface area contributed by atoms with Gasteiger partial charge in [0.05, 0.1) is 22.0 Å². The number of amides is 2. The van der Waals surface area contributed by atoms with Crippen molar-refractivity contribution >= 4 is 40.5 Å². The number of anilines is 3.